The molecule has 0 aliphatic rings. The number of thioether (sulfide) groups is 1. The average Bonchev–Trinajstić information content (AvgIpc) is 2.71. The van der Waals surface area contributed by atoms with E-state index in [9.17, 15) is 9.59 Å². The second kappa shape index (κ2) is 8.91. The van der Waals surface area contributed by atoms with Crippen molar-refractivity contribution in [2.24, 2.45) is 0 Å². The summed E-state index contributed by atoms with van der Waals surface area (Å²) in [5.74, 6) is 0.246. The number of hydrogen-bond donors (Lipinski definition) is 1. The first-order valence-electron chi connectivity index (χ1n) is 9.22. The molecule has 1 aromatic heterocycles. The van der Waals surface area contributed by atoms with Crippen molar-refractivity contribution in [2.75, 3.05) is 5.75 Å². The molecule has 140 valence electrons. The third kappa shape index (κ3) is 4.61. The number of carbonyl (C=O) groups is 1. The first kappa shape index (κ1) is 19.2. The number of nitrogens with zero attached hydrogens (tertiary/aromatic N) is 1. The minimum Gasteiger partial charge on any atom is -0.351 e. The summed E-state index contributed by atoms with van der Waals surface area (Å²) in [5, 5.41) is 3.96. The van der Waals surface area contributed by atoms with Gasteiger partial charge in [0.2, 0.25) is 5.91 Å². The zero-order valence-electron chi connectivity index (χ0n) is 15.7. The fourth-order valence-corrected chi connectivity index (χ4v) is 3.94. The smallest absolute Gasteiger partial charge is 0.252 e. The van der Waals surface area contributed by atoms with Crippen LogP contribution in [-0.4, -0.2) is 16.2 Å². The van der Waals surface area contributed by atoms with E-state index < -0.39 is 0 Å². The van der Waals surface area contributed by atoms with Crippen molar-refractivity contribution in [1.29, 1.82) is 0 Å². The number of carbonyl (C=O) groups excluding carboxylic acids is 1. The van der Waals surface area contributed by atoms with Gasteiger partial charge in [0.15, 0.2) is 0 Å². The molecule has 0 spiro atoms. The lowest BCUT2D eigenvalue weighted by Gasteiger charge is -2.12. The molecule has 0 radical (unpaired) electrons. The molecular weight excluding hydrogens is 356 g/mol. The highest BCUT2D eigenvalue weighted by Gasteiger charge is 2.10. The molecule has 4 nitrogen and oxygen atoms in total. The third-order valence-corrected chi connectivity index (χ3v) is 5.63. The fourth-order valence-electron chi connectivity index (χ4n) is 3.04. The van der Waals surface area contributed by atoms with Crippen LogP contribution in [0.4, 0.5) is 0 Å². The van der Waals surface area contributed by atoms with E-state index in [4.69, 9.17) is 0 Å². The predicted octanol–water partition coefficient (Wildman–Crippen LogP) is 3.99. The Morgan fingerprint density at radius 2 is 1.74 bits per heavy atom. The van der Waals surface area contributed by atoms with Gasteiger partial charge >= 0.3 is 0 Å². The SMILES string of the molecule is CCc1ccc(CNC(=O)CSc2cc(=O)n(CC)c3ccccc23)cc1. The van der Waals surface area contributed by atoms with Crippen LogP contribution >= 0.6 is 11.8 Å². The molecule has 0 saturated heterocycles. The van der Waals surface area contributed by atoms with Crippen molar-refractivity contribution >= 4 is 28.6 Å². The minimum absolute atomic E-state index is 0.0323. The number of rotatable bonds is 7. The van der Waals surface area contributed by atoms with Gasteiger partial charge in [-0.25, -0.2) is 0 Å². The van der Waals surface area contributed by atoms with Crippen LogP contribution in [0, 0.1) is 0 Å². The molecular formula is C22H24N2O2S. The van der Waals surface area contributed by atoms with Gasteiger partial charge in [0, 0.05) is 29.4 Å². The van der Waals surface area contributed by atoms with Crippen molar-refractivity contribution in [1.82, 2.24) is 9.88 Å². The van der Waals surface area contributed by atoms with Crippen molar-refractivity contribution in [3.63, 3.8) is 0 Å². The van der Waals surface area contributed by atoms with E-state index in [-0.39, 0.29) is 17.2 Å². The van der Waals surface area contributed by atoms with Gasteiger partial charge in [-0.2, -0.15) is 0 Å². The van der Waals surface area contributed by atoms with E-state index in [2.05, 4.69) is 24.4 Å². The number of aryl methyl sites for hydroxylation is 2. The van der Waals surface area contributed by atoms with Gasteiger partial charge in [-0.15, -0.1) is 11.8 Å². The molecule has 1 N–H and O–H groups in total. The number of aromatic nitrogens is 1. The van der Waals surface area contributed by atoms with Crippen LogP contribution < -0.4 is 10.9 Å². The summed E-state index contributed by atoms with van der Waals surface area (Å²) >= 11 is 1.41. The Hall–Kier alpha value is -2.53. The lowest BCUT2D eigenvalue weighted by Crippen LogP contribution is -2.25. The number of para-hydroxylation sites is 1. The van der Waals surface area contributed by atoms with Crippen LogP contribution in [0.3, 0.4) is 0 Å². The highest BCUT2D eigenvalue weighted by atomic mass is 32.2. The summed E-state index contributed by atoms with van der Waals surface area (Å²) in [6, 6.07) is 17.7. The summed E-state index contributed by atoms with van der Waals surface area (Å²) in [7, 11) is 0. The molecule has 0 bridgehead atoms. The normalized spacial score (nSPS) is 10.9. The van der Waals surface area contributed by atoms with E-state index in [1.807, 2.05) is 43.3 Å². The largest absolute Gasteiger partial charge is 0.351 e. The van der Waals surface area contributed by atoms with E-state index in [1.165, 1.54) is 17.3 Å². The Labute approximate surface area is 163 Å². The Kier molecular flexibility index (Phi) is 6.35. The standard InChI is InChI=1S/C22H24N2O2S/c1-3-16-9-11-17(12-10-16)14-23-21(25)15-27-20-13-22(26)24(4-2)19-8-6-5-7-18(19)20/h5-13H,3-4,14-15H2,1-2H3,(H,23,25). The maximum atomic E-state index is 12.3. The van der Waals surface area contributed by atoms with Crippen LogP contribution in [0.25, 0.3) is 10.9 Å². The molecule has 27 heavy (non-hydrogen) atoms. The molecule has 2 aromatic carbocycles. The van der Waals surface area contributed by atoms with Crippen molar-refractivity contribution in [3.05, 3.63) is 76.1 Å². The zero-order chi connectivity index (χ0) is 19.2. The van der Waals surface area contributed by atoms with Gasteiger partial charge < -0.3 is 9.88 Å². The van der Waals surface area contributed by atoms with E-state index in [0.29, 0.717) is 13.1 Å². The summed E-state index contributed by atoms with van der Waals surface area (Å²) < 4.78 is 1.75. The second-order valence-corrected chi connectivity index (χ2v) is 7.36. The van der Waals surface area contributed by atoms with Gasteiger partial charge in [-0.05, 0) is 30.5 Å². The molecule has 0 aliphatic carbocycles. The molecule has 1 amide bonds. The van der Waals surface area contributed by atoms with Crippen LogP contribution in [0.5, 0.6) is 0 Å². The zero-order valence-corrected chi connectivity index (χ0v) is 16.5. The van der Waals surface area contributed by atoms with Crippen LogP contribution in [0.15, 0.2) is 64.3 Å². The number of benzene rings is 2. The number of amides is 1. The monoisotopic (exact) mass is 380 g/mol. The van der Waals surface area contributed by atoms with Crippen LogP contribution in [0.1, 0.15) is 25.0 Å². The highest BCUT2D eigenvalue weighted by molar-refractivity contribution is 8.00. The molecule has 3 rings (SSSR count). The average molecular weight is 381 g/mol. The predicted molar refractivity (Wildman–Crippen MR) is 112 cm³/mol. The van der Waals surface area contributed by atoms with Gasteiger partial charge in [0.25, 0.3) is 5.56 Å². The molecule has 0 unspecified atom stereocenters. The quantitative estimate of drug-likeness (QED) is 0.631. The van der Waals surface area contributed by atoms with Crippen molar-refractivity contribution < 1.29 is 4.79 Å². The Morgan fingerprint density at radius 1 is 1.04 bits per heavy atom. The van der Waals surface area contributed by atoms with Gasteiger partial charge in [0.1, 0.15) is 0 Å². The maximum Gasteiger partial charge on any atom is 0.252 e. The molecule has 0 atom stereocenters. The number of pyridine rings is 1. The van der Waals surface area contributed by atoms with Gasteiger partial charge in [-0.3, -0.25) is 9.59 Å². The van der Waals surface area contributed by atoms with E-state index in [1.54, 1.807) is 10.6 Å². The fraction of sp³-hybridized carbons (Fsp3) is 0.273. The summed E-state index contributed by atoms with van der Waals surface area (Å²) in [4.78, 5) is 25.4. The van der Waals surface area contributed by atoms with E-state index >= 15 is 0 Å². The minimum atomic E-state index is -0.0386. The third-order valence-electron chi connectivity index (χ3n) is 4.58. The highest BCUT2D eigenvalue weighted by Crippen LogP contribution is 2.26. The summed E-state index contributed by atoms with van der Waals surface area (Å²) in [5.41, 5.74) is 3.25. The molecule has 0 aliphatic heterocycles. The number of hydrogen-bond acceptors (Lipinski definition) is 3. The molecule has 5 heteroatoms. The van der Waals surface area contributed by atoms with Crippen LogP contribution in [0.2, 0.25) is 0 Å². The van der Waals surface area contributed by atoms with Crippen molar-refractivity contribution in [3.8, 4) is 0 Å². The van der Waals surface area contributed by atoms with Crippen molar-refractivity contribution in [2.45, 2.75) is 38.3 Å². The lowest BCUT2D eigenvalue weighted by molar-refractivity contribution is -0.118. The van der Waals surface area contributed by atoms with Crippen LogP contribution in [-0.2, 0) is 24.3 Å². The number of fused-ring (bicyclic) bond motifs is 1. The summed E-state index contributed by atoms with van der Waals surface area (Å²) in [6.45, 7) is 5.22. The van der Waals surface area contributed by atoms with E-state index in [0.717, 1.165) is 27.8 Å². The topological polar surface area (TPSA) is 51.1 Å². The molecule has 0 fully saturated rings. The maximum absolute atomic E-state index is 12.3. The molecule has 0 saturated carbocycles. The first-order chi connectivity index (χ1) is 13.1. The van der Waals surface area contributed by atoms with Gasteiger partial charge in [0.05, 0.1) is 11.3 Å². The van der Waals surface area contributed by atoms with Gasteiger partial charge in [-0.1, -0.05) is 49.4 Å². The summed E-state index contributed by atoms with van der Waals surface area (Å²) in [6.07, 6.45) is 1.01. The Morgan fingerprint density at radius 3 is 2.44 bits per heavy atom. The molecule has 1 heterocycles. The second-order valence-electron chi connectivity index (χ2n) is 6.34. The first-order valence-corrected chi connectivity index (χ1v) is 10.2. The Balaban J connectivity index is 1.65. The number of nitrogens with one attached hydrogen (secondary N) is 1. The Bertz CT molecular complexity index is 993. The molecule has 3 aromatic rings. The lowest BCUT2D eigenvalue weighted by atomic mass is 10.1.